The molecule has 0 saturated heterocycles. The zero-order valence-electron chi connectivity index (χ0n) is 11.0. The summed E-state index contributed by atoms with van der Waals surface area (Å²) < 4.78 is 5.67. The summed E-state index contributed by atoms with van der Waals surface area (Å²) in [7, 11) is 0. The first kappa shape index (κ1) is 12.2. The molecule has 1 aliphatic carbocycles. The lowest BCUT2D eigenvalue weighted by Gasteiger charge is -2.12. The number of hydrogen-bond acceptors (Lipinski definition) is 3. The van der Waals surface area contributed by atoms with Crippen molar-refractivity contribution in [3.8, 4) is 5.75 Å². The van der Waals surface area contributed by atoms with Crippen LogP contribution in [0.25, 0.3) is 0 Å². The molecule has 1 unspecified atom stereocenters. The van der Waals surface area contributed by atoms with Crippen LogP contribution in [0.5, 0.6) is 5.75 Å². The number of pyridine rings is 1. The summed E-state index contributed by atoms with van der Waals surface area (Å²) in [6, 6.07) is 3.89. The highest BCUT2D eigenvalue weighted by Gasteiger charge is 2.45. The second kappa shape index (κ2) is 4.94. The Kier molecular flexibility index (Phi) is 3.55. The van der Waals surface area contributed by atoms with Crippen LogP contribution in [0.4, 0.5) is 5.82 Å². The van der Waals surface area contributed by atoms with Gasteiger partial charge in [-0.15, -0.1) is 0 Å². The quantitative estimate of drug-likeness (QED) is 0.819. The Labute approximate surface area is 104 Å². The van der Waals surface area contributed by atoms with Crippen LogP contribution in [-0.4, -0.2) is 18.1 Å². The molecular formula is C14H22N2O. The fraction of sp³-hybridized carbons (Fsp3) is 0.643. The third-order valence-electron chi connectivity index (χ3n) is 3.47. The zero-order chi connectivity index (χ0) is 12.3. The van der Waals surface area contributed by atoms with Gasteiger partial charge in [0.15, 0.2) is 11.6 Å². The lowest BCUT2D eigenvalue weighted by atomic mass is 10.1. The fourth-order valence-electron chi connectivity index (χ4n) is 2.00. The Balaban J connectivity index is 1.90. The van der Waals surface area contributed by atoms with Crippen molar-refractivity contribution >= 4 is 5.82 Å². The van der Waals surface area contributed by atoms with Crippen LogP contribution in [-0.2, 0) is 0 Å². The van der Waals surface area contributed by atoms with Gasteiger partial charge in [0.2, 0.25) is 0 Å². The van der Waals surface area contributed by atoms with E-state index in [0.717, 1.165) is 37.1 Å². The van der Waals surface area contributed by atoms with Crippen molar-refractivity contribution in [2.24, 2.45) is 11.3 Å². The fourth-order valence-corrected chi connectivity index (χ4v) is 2.00. The van der Waals surface area contributed by atoms with Crippen LogP contribution in [0, 0.1) is 11.3 Å². The van der Waals surface area contributed by atoms with Crippen LogP contribution in [0.1, 0.15) is 33.6 Å². The maximum atomic E-state index is 5.67. The van der Waals surface area contributed by atoms with Gasteiger partial charge < -0.3 is 10.1 Å². The first-order valence-corrected chi connectivity index (χ1v) is 6.45. The highest BCUT2D eigenvalue weighted by atomic mass is 16.5. The molecule has 2 rings (SSSR count). The van der Waals surface area contributed by atoms with Crippen LogP contribution >= 0.6 is 0 Å². The van der Waals surface area contributed by atoms with Gasteiger partial charge in [-0.25, -0.2) is 4.98 Å². The second-order valence-electron chi connectivity index (χ2n) is 5.47. The molecule has 1 fully saturated rings. The van der Waals surface area contributed by atoms with Gasteiger partial charge in [0.05, 0.1) is 6.61 Å². The van der Waals surface area contributed by atoms with Crippen molar-refractivity contribution in [1.82, 2.24) is 4.98 Å². The van der Waals surface area contributed by atoms with E-state index in [-0.39, 0.29) is 0 Å². The molecule has 94 valence electrons. The van der Waals surface area contributed by atoms with Crippen LogP contribution < -0.4 is 10.1 Å². The van der Waals surface area contributed by atoms with Gasteiger partial charge in [0.25, 0.3) is 0 Å². The first-order chi connectivity index (χ1) is 8.13. The lowest BCUT2D eigenvalue weighted by Crippen LogP contribution is -2.10. The molecule has 0 aromatic carbocycles. The largest absolute Gasteiger partial charge is 0.490 e. The molecule has 3 nitrogen and oxygen atoms in total. The van der Waals surface area contributed by atoms with Gasteiger partial charge >= 0.3 is 0 Å². The highest BCUT2D eigenvalue weighted by Crippen LogP contribution is 2.51. The van der Waals surface area contributed by atoms with E-state index in [1.165, 1.54) is 6.42 Å². The SMILES string of the molecule is CCCOc1cccnc1NCC1CC1(C)C. The number of anilines is 1. The Morgan fingerprint density at radius 2 is 2.29 bits per heavy atom. The molecule has 1 N–H and O–H groups in total. The molecule has 17 heavy (non-hydrogen) atoms. The monoisotopic (exact) mass is 234 g/mol. The summed E-state index contributed by atoms with van der Waals surface area (Å²) in [5, 5.41) is 3.40. The first-order valence-electron chi connectivity index (χ1n) is 6.45. The van der Waals surface area contributed by atoms with E-state index in [0.29, 0.717) is 5.41 Å². The van der Waals surface area contributed by atoms with Crippen LogP contribution in [0.15, 0.2) is 18.3 Å². The smallest absolute Gasteiger partial charge is 0.168 e. The zero-order valence-corrected chi connectivity index (χ0v) is 11.0. The lowest BCUT2D eigenvalue weighted by molar-refractivity contribution is 0.317. The van der Waals surface area contributed by atoms with E-state index in [4.69, 9.17) is 4.74 Å². The predicted molar refractivity (Wildman–Crippen MR) is 70.4 cm³/mol. The summed E-state index contributed by atoms with van der Waals surface area (Å²) in [5.41, 5.74) is 0.506. The molecule has 0 spiro atoms. The minimum atomic E-state index is 0.506. The summed E-state index contributed by atoms with van der Waals surface area (Å²) in [6.45, 7) is 8.47. The molecule has 1 atom stereocenters. The van der Waals surface area contributed by atoms with Gasteiger partial charge in [-0.1, -0.05) is 20.8 Å². The molecule has 1 saturated carbocycles. The molecule has 1 aromatic heterocycles. The van der Waals surface area contributed by atoms with Gasteiger partial charge in [0.1, 0.15) is 0 Å². The van der Waals surface area contributed by atoms with Gasteiger partial charge in [-0.2, -0.15) is 0 Å². The number of rotatable bonds is 6. The van der Waals surface area contributed by atoms with Crippen LogP contribution in [0.3, 0.4) is 0 Å². The van der Waals surface area contributed by atoms with E-state index in [2.05, 4.69) is 31.1 Å². The van der Waals surface area contributed by atoms with Gasteiger partial charge in [0, 0.05) is 12.7 Å². The van der Waals surface area contributed by atoms with Crippen molar-refractivity contribution in [2.45, 2.75) is 33.6 Å². The average molecular weight is 234 g/mol. The van der Waals surface area contributed by atoms with Gasteiger partial charge in [-0.05, 0) is 36.3 Å². The number of aromatic nitrogens is 1. The maximum Gasteiger partial charge on any atom is 0.168 e. The number of hydrogen-bond donors (Lipinski definition) is 1. The molecule has 3 heteroatoms. The summed E-state index contributed by atoms with van der Waals surface area (Å²) >= 11 is 0. The number of nitrogens with one attached hydrogen (secondary N) is 1. The minimum absolute atomic E-state index is 0.506. The van der Waals surface area contributed by atoms with Crippen molar-refractivity contribution in [2.75, 3.05) is 18.5 Å². The van der Waals surface area contributed by atoms with Crippen molar-refractivity contribution in [3.05, 3.63) is 18.3 Å². The van der Waals surface area contributed by atoms with E-state index >= 15 is 0 Å². The Morgan fingerprint density at radius 3 is 2.94 bits per heavy atom. The minimum Gasteiger partial charge on any atom is -0.490 e. The molecule has 1 aromatic rings. The number of ether oxygens (including phenoxy) is 1. The van der Waals surface area contributed by atoms with E-state index < -0.39 is 0 Å². The van der Waals surface area contributed by atoms with Crippen molar-refractivity contribution in [3.63, 3.8) is 0 Å². The second-order valence-corrected chi connectivity index (χ2v) is 5.47. The third-order valence-corrected chi connectivity index (χ3v) is 3.47. The highest BCUT2D eigenvalue weighted by molar-refractivity contribution is 5.49. The van der Waals surface area contributed by atoms with E-state index in [1.54, 1.807) is 6.20 Å². The predicted octanol–water partition coefficient (Wildman–Crippen LogP) is 3.33. The van der Waals surface area contributed by atoms with E-state index in [9.17, 15) is 0 Å². The van der Waals surface area contributed by atoms with Crippen molar-refractivity contribution < 1.29 is 4.74 Å². The average Bonchev–Trinajstić information content (AvgIpc) is 2.93. The molecule has 0 bridgehead atoms. The molecule has 1 aliphatic rings. The molecule has 0 amide bonds. The van der Waals surface area contributed by atoms with E-state index in [1.807, 2.05) is 12.1 Å². The third kappa shape index (κ3) is 3.11. The van der Waals surface area contributed by atoms with Crippen LogP contribution in [0.2, 0.25) is 0 Å². The molecular weight excluding hydrogens is 212 g/mol. The Morgan fingerprint density at radius 1 is 1.53 bits per heavy atom. The topological polar surface area (TPSA) is 34.1 Å². The molecule has 0 aliphatic heterocycles. The normalized spacial score (nSPS) is 21.0. The molecule has 1 heterocycles. The molecule has 0 radical (unpaired) electrons. The Hall–Kier alpha value is -1.25. The maximum absolute atomic E-state index is 5.67. The summed E-state index contributed by atoms with van der Waals surface area (Å²) in [6.07, 6.45) is 4.13. The van der Waals surface area contributed by atoms with Crippen molar-refractivity contribution in [1.29, 1.82) is 0 Å². The van der Waals surface area contributed by atoms with Gasteiger partial charge in [-0.3, -0.25) is 0 Å². The Bertz CT molecular complexity index is 376. The summed E-state index contributed by atoms with van der Waals surface area (Å²) in [4.78, 5) is 4.34. The standard InChI is InChI=1S/C14H22N2O/c1-4-8-17-12-6-5-7-15-13(12)16-10-11-9-14(11,2)3/h5-7,11H,4,8-10H2,1-3H3,(H,15,16). The number of nitrogens with zero attached hydrogens (tertiary/aromatic N) is 1. The summed E-state index contributed by atoms with van der Waals surface area (Å²) in [5.74, 6) is 2.51.